The second kappa shape index (κ2) is 15.1. The van der Waals surface area contributed by atoms with E-state index in [1.54, 1.807) is 6.92 Å². The van der Waals surface area contributed by atoms with Crippen LogP contribution in [-0.4, -0.2) is 108 Å². The van der Waals surface area contributed by atoms with E-state index in [2.05, 4.69) is 6.92 Å². The summed E-state index contributed by atoms with van der Waals surface area (Å²) >= 11 is 0. The maximum absolute atomic E-state index is 14.3. The van der Waals surface area contributed by atoms with Crippen LogP contribution in [0.3, 0.4) is 0 Å². The van der Waals surface area contributed by atoms with Gasteiger partial charge in [-0.25, -0.2) is 4.79 Å². The van der Waals surface area contributed by atoms with Gasteiger partial charge in [0.2, 0.25) is 6.10 Å². The van der Waals surface area contributed by atoms with Crippen LogP contribution < -0.4 is 0 Å². The molecule has 1 aliphatic heterocycles. The molecule has 1 saturated heterocycles. The molecule has 5 fully saturated rings. The van der Waals surface area contributed by atoms with Crippen LogP contribution in [-0.2, 0) is 71.5 Å². The maximum atomic E-state index is 14.3. The first-order valence-corrected chi connectivity index (χ1v) is 18.5. The van der Waals surface area contributed by atoms with E-state index in [4.69, 9.17) is 33.2 Å². The molecular formula is C38H52O16. The van der Waals surface area contributed by atoms with Crippen LogP contribution in [0.4, 0.5) is 0 Å². The zero-order valence-electron chi connectivity index (χ0n) is 32.1. The topological polar surface area (TPSA) is 221 Å². The van der Waals surface area contributed by atoms with Crippen LogP contribution in [0.2, 0.25) is 0 Å². The minimum Gasteiger partial charge on any atom is -0.467 e. The largest absolute Gasteiger partial charge is 0.467 e. The predicted molar refractivity (Wildman–Crippen MR) is 181 cm³/mol. The molecule has 1 N–H and O–H groups in total. The first-order valence-electron chi connectivity index (χ1n) is 18.5. The number of fused-ring (bicyclic) bond motifs is 5. The van der Waals surface area contributed by atoms with Gasteiger partial charge in [-0.1, -0.05) is 13.8 Å². The summed E-state index contributed by atoms with van der Waals surface area (Å²) in [4.78, 5) is 104. The average Bonchev–Trinajstić information content (AvgIpc) is 3.34. The van der Waals surface area contributed by atoms with Gasteiger partial charge in [0.25, 0.3) is 5.79 Å². The van der Waals surface area contributed by atoms with Crippen LogP contribution in [0.1, 0.15) is 99.8 Å². The molecule has 13 atom stereocenters. The Kier molecular flexibility index (Phi) is 11.5. The Morgan fingerprint density at radius 1 is 0.796 bits per heavy atom. The smallest absolute Gasteiger partial charge is 0.339 e. The minimum atomic E-state index is -2.81. The first kappa shape index (κ1) is 41.4. The van der Waals surface area contributed by atoms with Crippen LogP contribution in [0.15, 0.2) is 0 Å². The predicted octanol–water partition coefficient (Wildman–Crippen LogP) is 2.11. The molecule has 0 aromatic rings. The van der Waals surface area contributed by atoms with Gasteiger partial charge < -0.3 is 38.3 Å². The highest BCUT2D eigenvalue weighted by atomic mass is 16.8. The number of esters is 5. The van der Waals surface area contributed by atoms with Crippen molar-refractivity contribution in [3.63, 3.8) is 0 Å². The van der Waals surface area contributed by atoms with E-state index in [0.29, 0.717) is 32.1 Å². The Labute approximate surface area is 313 Å². The molecule has 0 bridgehead atoms. The molecule has 13 unspecified atom stereocenters. The molecule has 0 radical (unpaired) electrons. The lowest BCUT2D eigenvalue weighted by atomic mass is 9.44. The van der Waals surface area contributed by atoms with E-state index in [9.17, 15) is 43.5 Å². The number of hydrogen-bond acceptors (Lipinski definition) is 16. The summed E-state index contributed by atoms with van der Waals surface area (Å²) in [7, 11) is 0.985. The lowest BCUT2D eigenvalue weighted by molar-refractivity contribution is -0.339. The van der Waals surface area contributed by atoms with E-state index < -0.39 is 83.3 Å². The van der Waals surface area contributed by atoms with E-state index >= 15 is 0 Å². The van der Waals surface area contributed by atoms with E-state index in [1.165, 1.54) is 6.92 Å². The average molecular weight is 765 g/mol. The van der Waals surface area contributed by atoms with Crippen LogP contribution in [0, 0.1) is 34.5 Å². The zero-order valence-corrected chi connectivity index (χ0v) is 32.1. The third-order valence-electron chi connectivity index (χ3n) is 13.1. The molecule has 54 heavy (non-hydrogen) atoms. The van der Waals surface area contributed by atoms with Crippen molar-refractivity contribution in [1.82, 2.24) is 0 Å². The highest BCUT2D eigenvalue weighted by Crippen LogP contribution is 2.67. The minimum absolute atomic E-state index is 0.00177. The second-order valence-corrected chi connectivity index (χ2v) is 16.2. The van der Waals surface area contributed by atoms with Crippen molar-refractivity contribution in [2.45, 2.75) is 142 Å². The molecule has 5 rings (SSSR count). The number of ether oxygens (including phenoxy) is 7. The summed E-state index contributed by atoms with van der Waals surface area (Å²) in [6.45, 7) is 8.17. The second-order valence-electron chi connectivity index (χ2n) is 16.2. The molecule has 5 aliphatic rings. The lowest BCUT2D eigenvalue weighted by Crippen LogP contribution is -2.72. The molecule has 4 saturated carbocycles. The summed E-state index contributed by atoms with van der Waals surface area (Å²) in [5.41, 5.74) is -3.63. The molecule has 0 amide bonds. The molecule has 1 heterocycles. The van der Waals surface area contributed by atoms with E-state index in [1.807, 2.05) is 0 Å². The SMILES string of the molecule is COC(=O)C1OC(OCC(=O)C2(O)CCC3C4CCC5CC(OC(C)=O)CCC5(C)C4C(=O)CC32C)(C(C)=O)C(OC(C)=O)C(OC(C)=O)C1OC(C)=O. The van der Waals surface area contributed by atoms with Crippen LogP contribution in [0.5, 0.6) is 0 Å². The molecule has 0 aromatic carbocycles. The maximum Gasteiger partial charge on any atom is 0.339 e. The fraction of sp³-hybridized carbons (Fsp3) is 0.789. The number of hydrogen-bond donors (Lipinski definition) is 1. The standard InChI is InChI=1S/C38H52O16/c1-18(39)38(33(53-22(5)43)31(52-21(4)42)30(51-20(3)41)32(54-38)34(46)48-8)49-17-28(45)37(47)14-12-26-25-10-9-23-15-24(50-19(2)40)11-13-35(23,6)29(25)27(44)16-36(26,37)7/h23-26,29-33,47H,9-17H2,1-8H3. The summed E-state index contributed by atoms with van der Waals surface area (Å²) in [5.74, 6) is -9.63. The van der Waals surface area contributed by atoms with Gasteiger partial charge in [-0.2, -0.15) is 0 Å². The molecule has 16 nitrogen and oxygen atoms in total. The lowest BCUT2D eigenvalue weighted by Gasteiger charge is -2.60. The quantitative estimate of drug-likeness (QED) is 0.249. The molecule has 4 aliphatic carbocycles. The van der Waals surface area contributed by atoms with Gasteiger partial charge in [0.05, 0.1) is 7.11 Å². The number of carbonyl (C=O) groups is 8. The summed E-state index contributed by atoms with van der Waals surface area (Å²) in [5, 5.41) is 12.3. The number of aliphatic hydroxyl groups is 1. The van der Waals surface area contributed by atoms with Crippen molar-refractivity contribution in [1.29, 1.82) is 0 Å². The molecule has 0 aromatic heterocycles. The van der Waals surface area contributed by atoms with Crippen molar-refractivity contribution >= 4 is 47.2 Å². The number of methoxy groups -OCH3 is 1. The van der Waals surface area contributed by atoms with Crippen molar-refractivity contribution in [3.8, 4) is 0 Å². The van der Waals surface area contributed by atoms with Gasteiger partial charge in [-0.05, 0) is 68.1 Å². The fourth-order valence-electron chi connectivity index (χ4n) is 10.8. The summed E-state index contributed by atoms with van der Waals surface area (Å²) < 4.78 is 38.3. The normalized spacial score (nSPS) is 41.2. The molecule has 16 heteroatoms. The van der Waals surface area contributed by atoms with Crippen molar-refractivity contribution < 1.29 is 76.6 Å². The number of ketones is 3. The highest BCUT2D eigenvalue weighted by Gasteiger charge is 2.70. The monoisotopic (exact) mass is 764 g/mol. The fourth-order valence-corrected chi connectivity index (χ4v) is 10.8. The first-order chi connectivity index (χ1) is 25.1. The number of Topliss-reactive ketones (excluding diaryl/α,β-unsaturated/α-hetero) is 3. The Morgan fingerprint density at radius 3 is 1.98 bits per heavy atom. The Morgan fingerprint density at radius 2 is 1.41 bits per heavy atom. The third kappa shape index (κ3) is 6.97. The van der Waals surface area contributed by atoms with Gasteiger partial charge in [0, 0.05) is 52.4 Å². The van der Waals surface area contributed by atoms with E-state index in [0.717, 1.165) is 41.2 Å². The molecule has 0 spiro atoms. The molecule has 300 valence electrons. The Hall–Kier alpha value is -3.76. The van der Waals surface area contributed by atoms with Gasteiger partial charge in [0.1, 0.15) is 24.1 Å². The van der Waals surface area contributed by atoms with E-state index in [-0.39, 0.29) is 59.8 Å². The third-order valence-corrected chi connectivity index (χ3v) is 13.1. The van der Waals surface area contributed by atoms with Gasteiger partial charge >= 0.3 is 29.8 Å². The Bertz CT molecular complexity index is 1590. The number of rotatable bonds is 10. The van der Waals surface area contributed by atoms with Crippen LogP contribution >= 0.6 is 0 Å². The van der Waals surface area contributed by atoms with Crippen molar-refractivity contribution in [2.24, 2.45) is 34.5 Å². The van der Waals surface area contributed by atoms with Gasteiger partial charge in [-0.3, -0.25) is 33.6 Å². The van der Waals surface area contributed by atoms with Crippen molar-refractivity contribution in [2.75, 3.05) is 13.7 Å². The van der Waals surface area contributed by atoms with Crippen molar-refractivity contribution in [3.05, 3.63) is 0 Å². The van der Waals surface area contributed by atoms with Gasteiger partial charge in [-0.15, -0.1) is 0 Å². The molecular weight excluding hydrogens is 712 g/mol. The summed E-state index contributed by atoms with van der Waals surface area (Å²) in [6, 6.07) is 0. The van der Waals surface area contributed by atoms with Gasteiger partial charge in [0.15, 0.2) is 29.9 Å². The highest BCUT2D eigenvalue weighted by molar-refractivity contribution is 5.93. The Balaban J connectivity index is 1.44. The summed E-state index contributed by atoms with van der Waals surface area (Å²) in [6.07, 6.45) is -3.93. The van der Waals surface area contributed by atoms with Crippen LogP contribution in [0.25, 0.3) is 0 Å². The number of carbonyl (C=O) groups excluding carboxylic acids is 8. The zero-order chi connectivity index (χ0) is 40.1.